The molecule has 5 nitrogen and oxygen atoms in total. The molecule has 0 aliphatic rings. The van der Waals surface area contributed by atoms with Gasteiger partial charge in [0.15, 0.2) is 5.76 Å². The molecule has 0 atom stereocenters. The largest absolute Gasteiger partial charge is 0.465 e. The van der Waals surface area contributed by atoms with Gasteiger partial charge in [-0.25, -0.2) is 9.78 Å². The maximum atomic E-state index is 11.4. The fourth-order valence-corrected chi connectivity index (χ4v) is 1.92. The minimum Gasteiger partial charge on any atom is -0.465 e. The molecule has 0 unspecified atom stereocenters. The number of nitrogens with zero attached hydrogens (tertiary/aromatic N) is 2. The highest BCUT2D eigenvalue weighted by Gasteiger charge is 2.10. The smallest absolute Gasteiger partial charge is 0.337 e. The number of pyridine rings is 1. The molecule has 3 aromatic rings. The van der Waals surface area contributed by atoms with Crippen LogP contribution in [0.2, 0.25) is 0 Å². The van der Waals surface area contributed by atoms with Gasteiger partial charge in [0.2, 0.25) is 5.89 Å². The number of hydrogen-bond donors (Lipinski definition) is 0. The van der Waals surface area contributed by atoms with Crippen molar-refractivity contribution in [2.45, 2.75) is 0 Å². The van der Waals surface area contributed by atoms with Crippen LogP contribution in [-0.4, -0.2) is 23.0 Å². The molecule has 0 saturated heterocycles. The molecule has 0 saturated carbocycles. The molecular weight excluding hydrogens is 268 g/mol. The van der Waals surface area contributed by atoms with Crippen molar-refractivity contribution in [1.29, 1.82) is 0 Å². The lowest BCUT2D eigenvalue weighted by atomic mass is 10.1. The van der Waals surface area contributed by atoms with E-state index in [0.29, 0.717) is 17.2 Å². The van der Waals surface area contributed by atoms with Crippen LogP contribution in [0.25, 0.3) is 22.8 Å². The molecule has 104 valence electrons. The second kappa shape index (κ2) is 5.58. The highest BCUT2D eigenvalue weighted by atomic mass is 16.5. The molecule has 0 spiro atoms. The van der Waals surface area contributed by atoms with Gasteiger partial charge in [0, 0.05) is 23.5 Å². The first-order valence-corrected chi connectivity index (χ1v) is 6.33. The van der Waals surface area contributed by atoms with Crippen LogP contribution in [-0.2, 0) is 4.74 Å². The molecule has 0 aliphatic carbocycles. The Labute approximate surface area is 121 Å². The number of hydrogen-bond acceptors (Lipinski definition) is 5. The van der Waals surface area contributed by atoms with Crippen molar-refractivity contribution in [3.8, 4) is 22.8 Å². The van der Waals surface area contributed by atoms with Gasteiger partial charge in [0.1, 0.15) is 0 Å². The zero-order chi connectivity index (χ0) is 14.7. The lowest BCUT2D eigenvalue weighted by molar-refractivity contribution is 0.0601. The van der Waals surface area contributed by atoms with Gasteiger partial charge in [0.05, 0.1) is 18.9 Å². The number of carbonyl (C=O) groups excluding carboxylic acids is 1. The summed E-state index contributed by atoms with van der Waals surface area (Å²) >= 11 is 0. The Balaban J connectivity index is 1.88. The predicted octanol–water partition coefficient (Wildman–Crippen LogP) is 3.19. The van der Waals surface area contributed by atoms with Gasteiger partial charge in [0.25, 0.3) is 0 Å². The summed E-state index contributed by atoms with van der Waals surface area (Å²) in [5, 5.41) is 0. The van der Waals surface area contributed by atoms with Crippen molar-refractivity contribution in [3.63, 3.8) is 0 Å². The highest BCUT2D eigenvalue weighted by Crippen LogP contribution is 2.25. The van der Waals surface area contributed by atoms with Crippen LogP contribution in [0.5, 0.6) is 0 Å². The van der Waals surface area contributed by atoms with E-state index in [0.717, 1.165) is 11.1 Å². The van der Waals surface area contributed by atoms with Gasteiger partial charge < -0.3 is 9.15 Å². The molecule has 5 heteroatoms. The molecule has 0 amide bonds. The first kappa shape index (κ1) is 13.1. The van der Waals surface area contributed by atoms with E-state index < -0.39 is 0 Å². The van der Waals surface area contributed by atoms with E-state index in [4.69, 9.17) is 4.42 Å². The number of ether oxygens (including phenoxy) is 1. The second-order valence-corrected chi connectivity index (χ2v) is 4.34. The van der Waals surface area contributed by atoms with Crippen LogP contribution in [0.1, 0.15) is 10.4 Å². The van der Waals surface area contributed by atoms with Crippen LogP contribution in [0, 0.1) is 0 Å². The maximum absolute atomic E-state index is 11.4. The first-order valence-electron chi connectivity index (χ1n) is 6.33. The minimum atomic E-state index is -0.370. The molecule has 2 heterocycles. The van der Waals surface area contributed by atoms with E-state index in [-0.39, 0.29) is 5.97 Å². The SMILES string of the molecule is COC(=O)c1ccc(-c2ncc(-c3cccnc3)o2)cc1. The van der Waals surface area contributed by atoms with Crippen molar-refractivity contribution < 1.29 is 13.9 Å². The number of benzene rings is 1. The zero-order valence-corrected chi connectivity index (χ0v) is 11.3. The standard InChI is InChI=1S/C16H12N2O3/c1-20-16(19)12-6-4-11(5-7-12)15-18-10-14(21-15)13-3-2-8-17-9-13/h2-10H,1H3. The summed E-state index contributed by atoms with van der Waals surface area (Å²) in [6, 6.07) is 10.6. The van der Waals surface area contributed by atoms with Crippen molar-refractivity contribution in [1.82, 2.24) is 9.97 Å². The molecule has 0 bridgehead atoms. The average molecular weight is 280 g/mol. The average Bonchev–Trinajstić information content (AvgIpc) is 3.05. The number of carbonyl (C=O) groups is 1. The molecular formula is C16H12N2O3. The zero-order valence-electron chi connectivity index (χ0n) is 11.3. The maximum Gasteiger partial charge on any atom is 0.337 e. The third-order valence-electron chi connectivity index (χ3n) is 3.00. The quantitative estimate of drug-likeness (QED) is 0.689. The Hall–Kier alpha value is -2.95. The third kappa shape index (κ3) is 2.67. The van der Waals surface area contributed by atoms with Gasteiger partial charge in [-0.2, -0.15) is 0 Å². The van der Waals surface area contributed by atoms with Crippen LogP contribution in [0.3, 0.4) is 0 Å². The van der Waals surface area contributed by atoms with Crippen molar-refractivity contribution >= 4 is 5.97 Å². The van der Waals surface area contributed by atoms with E-state index in [2.05, 4.69) is 14.7 Å². The Kier molecular flexibility index (Phi) is 3.47. The summed E-state index contributed by atoms with van der Waals surface area (Å²) in [4.78, 5) is 19.7. The molecule has 2 aromatic heterocycles. The monoisotopic (exact) mass is 280 g/mol. The number of methoxy groups -OCH3 is 1. The Morgan fingerprint density at radius 2 is 1.90 bits per heavy atom. The first-order chi connectivity index (χ1) is 10.3. The number of aromatic nitrogens is 2. The molecule has 21 heavy (non-hydrogen) atoms. The summed E-state index contributed by atoms with van der Waals surface area (Å²) < 4.78 is 10.4. The lowest BCUT2D eigenvalue weighted by Crippen LogP contribution is -2.00. The molecule has 0 fully saturated rings. The normalized spacial score (nSPS) is 10.3. The summed E-state index contributed by atoms with van der Waals surface area (Å²) in [7, 11) is 1.35. The minimum absolute atomic E-state index is 0.370. The molecule has 0 N–H and O–H groups in total. The fraction of sp³-hybridized carbons (Fsp3) is 0.0625. The van der Waals surface area contributed by atoms with Crippen LogP contribution < -0.4 is 0 Å². The molecule has 0 aliphatic heterocycles. The lowest BCUT2D eigenvalue weighted by Gasteiger charge is -2.00. The van der Waals surface area contributed by atoms with E-state index in [1.807, 2.05) is 12.1 Å². The van der Waals surface area contributed by atoms with Crippen LogP contribution in [0.4, 0.5) is 0 Å². The summed E-state index contributed by atoms with van der Waals surface area (Å²) in [6.45, 7) is 0. The van der Waals surface area contributed by atoms with Crippen molar-refractivity contribution in [2.24, 2.45) is 0 Å². The van der Waals surface area contributed by atoms with Gasteiger partial charge in [-0.1, -0.05) is 0 Å². The number of oxazole rings is 1. The van der Waals surface area contributed by atoms with E-state index in [1.54, 1.807) is 42.9 Å². The van der Waals surface area contributed by atoms with E-state index in [1.165, 1.54) is 7.11 Å². The van der Waals surface area contributed by atoms with E-state index in [9.17, 15) is 4.79 Å². The topological polar surface area (TPSA) is 65.2 Å². The summed E-state index contributed by atoms with van der Waals surface area (Å²) in [5.74, 6) is 0.769. The van der Waals surface area contributed by atoms with E-state index >= 15 is 0 Å². The van der Waals surface area contributed by atoms with Gasteiger partial charge in [-0.05, 0) is 36.4 Å². The Bertz CT molecular complexity index is 749. The van der Waals surface area contributed by atoms with Crippen molar-refractivity contribution in [3.05, 3.63) is 60.6 Å². The number of rotatable bonds is 3. The Morgan fingerprint density at radius 1 is 1.10 bits per heavy atom. The number of esters is 1. The summed E-state index contributed by atoms with van der Waals surface area (Å²) in [6.07, 6.45) is 5.07. The second-order valence-electron chi connectivity index (χ2n) is 4.34. The Morgan fingerprint density at radius 3 is 2.57 bits per heavy atom. The van der Waals surface area contributed by atoms with Gasteiger partial charge in [-0.3, -0.25) is 4.98 Å². The molecule has 0 radical (unpaired) electrons. The van der Waals surface area contributed by atoms with Crippen molar-refractivity contribution in [2.75, 3.05) is 7.11 Å². The van der Waals surface area contributed by atoms with Crippen LogP contribution >= 0.6 is 0 Å². The third-order valence-corrected chi connectivity index (χ3v) is 3.00. The highest BCUT2D eigenvalue weighted by molar-refractivity contribution is 5.89. The predicted molar refractivity (Wildman–Crippen MR) is 76.5 cm³/mol. The molecule has 1 aromatic carbocycles. The van der Waals surface area contributed by atoms with Gasteiger partial charge in [-0.15, -0.1) is 0 Å². The molecule has 3 rings (SSSR count). The van der Waals surface area contributed by atoms with Crippen LogP contribution in [0.15, 0.2) is 59.4 Å². The summed E-state index contributed by atoms with van der Waals surface area (Å²) in [5.41, 5.74) is 2.14. The fourth-order valence-electron chi connectivity index (χ4n) is 1.92. The van der Waals surface area contributed by atoms with Gasteiger partial charge >= 0.3 is 5.97 Å².